The number of aromatic nitrogens is 1. The minimum Gasteiger partial charge on any atom is -0.345 e. The Morgan fingerprint density at radius 3 is 3.00 bits per heavy atom. The van der Waals surface area contributed by atoms with E-state index in [0.29, 0.717) is 6.04 Å². The van der Waals surface area contributed by atoms with Crippen molar-refractivity contribution in [3.8, 4) is 0 Å². The summed E-state index contributed by atoms with van der Waals surface area (Å²) in [5.74, 6) is 0.159. The molecule has 0 aromatic carbocycles. The van der Waals surface area contributed by atoms with Gasteiger partial charge in [-0.15, -0.1) is 0 Å². The molecule has 0 aliphatic carbocycles. The predicted molar refractivity (Wildman–Crippen MR) is 69.3 cm³/mol. The van der Waals surface area contributed by atoms with Crippen molar-refractivity contribution in [2.45, 2.75) is 45.2 Å². The topological polar surface area (TPSA) is 25.2 Å². The summed E-state index contributed by atoms with van der Waals surface area (Å²) in [6, 6.07) is 4.56. The van der Waals surface area contributed by atoms with Crippen molar-refractivity contribution in [2.75, 3.05) is 13.6 Å². The lowest BCUT2D eigenvalue weighted by Crippen LogP contribution is -2.36. The van der Waals surface area contributed by atoms with Crippen LogP contribution in [0, 0.1) is 0 Å². The van der Waals surface area contributed by atoms with Crippen molar-refractivity contribution < 1.29 is 4.79 Å². The monoisotopic (exact) mass is 234 g/mol. The van der Waals surface area contributed by atoms with Crippen LogP contribution in [0.2, 0.25) is 0 Å². The zero-order valence-corrected chi connectivity index (χ0v) is 10.9. The number of nitrogens with zero attached hydrogens (tertiary/aromatic N) is 2. The van der Waals surface area contributed by atoms with E-state index in [1.165, 1.54) is 25.8 Å². The second-order valence-corrected chi connectivity index (χ2v) is 5.06. The Bertz CT molecular complexity index is 383. The van der Waals surface area contributed by atoms with Crippen LogP contribution in [0.5, 0.6) is 0 Å². The van der Waals surface area contributed by atoms with Crippen LogP contribution in [0.1, 0.15) is 43.1 Å². The molecule has 2 heterocycles. The largest absolute Gasteiger partial charge is 0.345 e. The number of Topliss-reactive ketones (excluding diaryl/α,β-unsaturated/α-hetero) is 1. The van der Waals surface area contributed by atoms with E-state index in [-0.39, 0.29) is 5.78 Å². The standard InChI is InChI=1S/C14H22N2O/c1-12(17)14-7-5-10-16(14)11-8-13-6-3-4-9-15(13)2/h5,7,10,13H,3-4,6,8-9,11H2,1-2H3. The van der Waals surface area contributed by atoms with Crippen LogP contribution in [0.25, 0.3) is 0 Å². The fourth-order valence-corrected chi connectivity index (χ4v) is 2.73. The maximum Gasteiger partial charge on any atom is 0.176 e. The number of rotatable bonds is 4. The summed E-state index contributed by atoms with van der Waals surface area (Å²) in [5, 5.41) is 0. The highest BCUT2D eigenvalue weighted by molar-refractivity contribution is 5.92. The molecule has 1 atom stereocenters. The van der Waals surface area contributed by atoms with Gasteiger partial charge in [0.05, 0.1) is 5.69 Å². The first-order valence-corrected chi connectivity index (χ1v) is 6.55. The third-order valence-corrected chi connectivity index (χ3v) is 3.81. The van der Waals surface area contributed by atoms with Crippen molar-refractivity contribution in [3.63, 3.8) is 0 Å². The molecule has 3 nitrogen and oxygen atoms in total. The smallest absolute Gasteiger partial charge is 0.176 e. The predicted octanol–water partition coefficient (Wildman–Crippen LogP) is 2.57. The van der Waals surface area contributed by atoms with E-state index in [2.05, 4.69) is 16.5 Å². The lowest BCUT2D eigenvalue weighted by atomic mass is 10.0. The second-order valence-electron chi connectivity index (χ2n) is 5.06. The molecule has 0 amide bonds. The van der Waals surface area contributed by atoms with Gasteiger partial charge < -0.3 is 9.47 Å². The SMILES string of the molecule is CC(=O)c1cccn1CCC1CCCCN1C. The Morgan fingerprint density at radius 2 is 2.29 bits per heavy atom. The van der Waals surface area contributed by atoms with Crippen molar-refractivity contribution >= 4 is 5.78 Å². The molecule has 1 aliphatic heterocycles. The van der Waals surface area contributed by atoms with E-state index in [9.17, 15) is 4.79 Å². The highest BCUT2D eigenvalue weighted by Gasteiger charge is 2.18. The average Bonchev–Trinajstić information content (AvgIpc) is 2.76. The fourth-order valence-electron chi connectivity index (χ4n) is 2.73. The number of hydrogen-bond acceptors (Lipinski definition) is 2. The van der Waals surface area contributed by atoms with Gasteiger partial charge in [-0.05, 0) is 45.0 Å². The number of ketones is 1. The zero-order chi connectivity index (χ0) is 12.3. The van der Waals surface area contributed by atoms with Crippen LogP contribution in [-0.2, 0) is 6.54 Å². The van der Waals surface area contributed by atoms with Crippen molar-refractivity contribution in [2.24, 2.45) is 0 Å². The summed E-state index contributed by atoms with van der Waals surface area (Å²) in [7, 11) is 2.21. The molecule has 94 valence electrons. The Balaban J connectivity index is 1.92. The molecule has 0 saturated carbocycles. The number of hydrogen-bond donors (Lipinski definition) is 0. The molecule has 0 bridgehead atoms. The maximum atomic E-state index is 11.4. The summed E-state index contributed by atoms with van der Waals surface area (Å²) < 4.78 is 2.09. The molecule has 1 aromatic heterocycles. The molecule has 3 heteroatoms. The quantitative estimate of drug-likeness (QED) is 0.748. The molecule has 1 fully saturated rings. The van der Waals surface area contributed by atoms with Crippen LogP contribution in [-0.4, -0.2) is 34.9 Å². The summed E-state index contributed by atoms with van der Waals surface area (Å²) >= 11 is 0. The number of likely N-dealkylation sites (tertiary alicyclic amines) is 1. The van der Waals surface area contributed by atoms with E-state index < -0.39 is 0 Å². The van der Waals surface area contributed by atoms with Gasteiger partial charge in [0.25, 0.3) is 0 Å². The van der Waals surface area contributed by atoms with Gasteiger partial charge >= 0.3 is 0 Å². The number of carbonyl (C=O) groups is 1. The molecule has 2 rings (SSSR count). The molecule has 0 N–H and O–H groups in total. The lowest BCUT2D eigenvalue weighted by Gasteiger charge is -2.32. The number of carbonyl (C=O) groups excluding carboxylic acids is 1. The van der Waals surface area contributed by atoms with E-state index in [4.69, 9.17) is 0 Å². The van der Waals surface area contributed by atoms with Crippen LogP contribution in [0.15, 0.2) is 18.3 Å². The molecule has 17 heavy (non-hydrogen) atoms. The highest BCUT2D eigenvalue weighted by Crippen LogP contribution is 2.18. The van der Waals surface area contributed by atoms with Gasteiger partial charge in [-0.1, -0.05) is 6.42 Å². The van der Waals surface area contributed by atoms with Crippen LogP contribution < -0.4 is 0 Å². The van der Waals surface area contributed by atoms with Gasteiger partial charge in [0.15, 0.2) is 5.78 Å². The Morgan fingerprint density at radius 1 is 1.47 bits per heavy atom. The van der Waals surface area contributed by atoms with Crippen molar-refractivity contribution in [3.05, 3.63) is 24.0 Å². The first-order valence-electron chi connectivity index (χ1n) is 6.55. The van der Waals surface area contributed by atoms with Crippen LogP contribution >= 0.6 is 0 Å². The third kappa shape index (κ3) is 2.97. The minimum atomic E-state index is 0.159. The Hall–Kier alpha value is -1.09. The summed E-state index contributed by atoms with van der Waals surface area (Å²) in [5.41, 5.74) is 0.837. The first kappa shape index (κ1) is 12.4. The molecule has 1 unspecified atom stereocenters. The normalized spacial score (nSPS) is 21.6. The molecule has 0 radical (unpaired) electrons. The van der Waals surface area contributed by atoms with Crippen LogP contribution in [0.3, 0.4) is 0 Å². The molecule has 1 aromatic rings. The van der Waals surface area contributed by atoms with Gasteiger partial charge in [-0.2, -0.15) is 0 Å². The summed E-state index contributed by atoms with van der Waals surface area (Å²) in [6.07, 6.45) is 7.13. The Kier molecular flexibility index (Phi) is 4.00. The zero-order valence-electron chi connectivity index (χ0n) is 10.9. The van der Waals surface area contributed by atoms with Gasteiger partial charge in [-0.3, -0.25) is 4.79 Å². The molecule has 1 aliphatic rings. The maximum absolute atomic E-state index is 11.4. The third-order valence-electron chi connectivity index (χ3n) is 3.81. The highest BCUT2D eigenvalue weighted by atomic mass is 16.1. The summed E-state index contributed by atoms with van der Waals surface area (Å²) in [6.45, 7) is 3.81. The molecular formula is C14H22N2O. The van der Waals surface area contributed by atoms with Crippen LogP contribution in [0.4, 0.5) is 0 Å². The van der Waals surface area contributed by atoms with Crippen molar-refractivity contribution in [1.82, 2.24) is 9.47 Å². The lowest BCUT2D eigenvalue weighted by molar-refractivity contribution is 0.100. The summed E-state index contributed by atoms with van der Waals surface area (Å²) in [4.78, 5) is 13.9. The van der Waals surface area contributed by atoms with E-state index in [1.807, 2.05) is 18.3 Å². The molecular weight excluding hydrogens is 212 g/mol. The van der Waals surface area contributed by atoms with Gasteiger partial charge in [0.1, 0.15) is 0 Å². The number of piperidine rings is 1. The minimum absolute atomic E-state index is 0.159. The fraction of sp³-hybridized carbons (Fsp3) is 0.643. The van der Waals surface area contributed by atoms with Gasteiger partial charge in [-0.25, -0.2) is 0 Å². The second kappa shape index (κ2) is 5.50. The number of aryl methyl sites for hydroxylation is 1. The molecule has 0 spiro atoms. The molecule has 1 saturated heterocycles. The van der Waals surface area contributed by atoms with Gasteiger partial charge in [0.2, 0.25) is 0 Å². The van der Waals surface area contributed by atoms with E-state index >= 15 is 0 Å². The average molecular weight is 234 g/mol. The first-order chi connectivity index (χ1) is 8.18. The van der Waals surface area contributed by atoms with Gasteiger partial charge in [0, 0.05) is 25.7 Å². The Labute approximate surface area is 103 Å². The van der Waals surface area contributed by atoms with E-state index in [0.717, 1.165) is 18.7 Å². The van der Waals surface area contributed by atoms with E-state index in [1.54, 1.807) is 6.92 Å². The van der Waals surface area contributed by atoms with Crippen molar-refractivity contribution in [1.29, 1.82) is 0 Å².